The number of furan rings is 1. The van der Waals surface area contributed by atoms with Crippen LogP contribution >= 0.6 is 11.6 Å². The average molecular weight is 342 g/mol. The highest BCUT2D eigenvalue weighted by Gasteiger charge is 2.13. The highest BCUT2D eigenvalue weighted by molar-refractivity contribution is 6.33. The van der Waals surface area contributed by atoms with Gasteiger partial charge in [0.2, 0.25) is 0 Å². The molecule has 5 heteroatoms. The minimum atomic E-state index is -0.281. The van der Waals surface area contributed by atoms with Crippen LogP contribution in [-0.2, 0) is 6.54 Å². The van der Waals surface area contributed by atoms with E-state index in [1.54, 1.807) is 25.3 Å². The number of hydrogen-bond donors (Lipinski definition) is 1. The van der Waals surface area contributed by atoms with Crippen LogP contribution in [0.25, 0.3) is 11.3 Å². The van der Waals surface area contributed by atoms with E-state index in [0.29, 0.717) is 17.3 Å². The highest BCUT2D eigenvalue weighted by atomic mass is 35.5. The van der Waals surface area contributed by atoms with Crippen LogP contribution in [0, 0.1) is 0 Å². The molecule has 122 valence electrons. The van der Waals surface area contributed by atoms with Gasteiger partial charge in [-0.2, -0.15) is 0 Å². The number of nitrogens with one attached hydrogen (secondary N) is 1. The topological polar surface area (TPSA) is 51.5 Å². The normalized spacial score (nSPS) is 10.4. The molecular weight excluding hydrogens is 326 g/mol. The Balaban J connectivity index is 1.69. The molecule has 2 aromatic carbocycles. The molecule has 3 aromatic rings. The van der Waals surface area contributed by atoms with Crippen molar-refractivity contribution in [1.82, 2.24) is 5.32 Å². The summed E-state index contributed by atoms with van der Waals surface area (Å²) in [4.78, 5) is 12.2. The Morgan fingerprint density at radius 1 is 1.12 bits per heavy atom. The number of carbonyl (C=O) groups excluding carboxylic acids is 1. The van der Waals surface area contributed by atoms with Crippen LogP contribution in [0.1, 0.15) is 16.1 Å². The first-order valence-corrected chi connectivity index (χ1v) is 7.81. The molecule has 0 aliphatic carbocycles. The van der Waals surface area contributed by atoms with Gasteiger partial charge in [-0.1, -0.05) is 35.9 Å². The number of amides is 1. The molecule has 0 saturated carbocycles. The van der Waals surface area contributed by atoms with Crippen LogP contribution in [0.2, 0.25) is 5.02 Å². The van der Waals surface area contributed by atoms with Crippen molar-refractivity contribution < 1.29 is 13.9 Å². The molecule has 24 heavy (non-hydrogen) atoms. The molecule has 1 aromatic heterocycles. The zero-order chi connectivity index (χ0) is 16.9. The van der Waals surface area contributed by atoms with Crippen molar-refractivity contribution in [2.24, 2.45) is 0 Å². The monoisotopic (exact) mass is 341 g/mol. The molecule has 3 rings (SSSR count). The molecule has 0 atom stereocenters. The lowest BCUT2D eigenvalue weighted by Crippen LogP contribution is -2.22. The molecule has 0 radical (unpaired) electrons. The number of ether oxygens (including phenoxy) is 1. The van der Waals surface area contributed by atoms with Gasteiger partial charge >= 0.3 is 0 Å². The Labute approximate surface area is 145 Å². The van der Waals surface area contributed by atoms with Crippen molar-refractivity contribution in [2.45, 2.75) is 6.54 Å². The van der Waals surface area contributed by atoms with Crippen LogP contribution in [-0.4, -0.2) is 13.0 Å². The summed E-state index contributed by atoms with van der Waals surface area (Å²) < 4.78 is 10.8. The number of hydrogen-bond acceptors (Lipinski definition) is 3. The number of carbonyl (C=O) groups is 1. The van der Waals surface area contributed by atoms with Gasteiger partial charge < -0.3 is 14.5 Å². The van der Waals surface area contributed by atoms with E-state index in [1.807, 2.05) is 42.5 Å². The van der Waals surface area contributed by atoms with Crippen LogP contribution in [0.3, 0.4) is 0 Å². The van der Waals surface area contributed by atoms with Crippen molar-refractivity contribution in [3.63, 3.8) is 0 Å². The standard InChI is InChI=1S/C19H16ClNO3/c1-23-14-6-4-5-13(11-14)12-21-19(22)18-10-9-17(24-18)15-7-2-3-8-16(15)20/h2-11H,12H2,1H3,(H,21,22). The molecule has 0 unspecified atom stereocenters. The largest absolute Gasteiger partial charge is 0.497 e. The summed E-state index contributed by atoms with van der Waals surface area (Å²) in [5.41, 5.74) is 1.70. The Hall–Kier alpha value is -2.72. The molecule has 0 aliphatic rings. The van der Waals surface area contributed by atoms with Crippen molar-refractivity contribution in [3.05, 3.63) is 77.0 Å². The first kappa shape index (κ1) is 16.1. The summed E-state index contributed by atoms with van der Waals surface area (Å²) in [6.07, 6.45) is 0. The second-order valence-electron chi connectivity index (χ2n) is 5.18. The maximum absolute atomic E-state index is 12.2. The molecule has 0 spiro atoms. The van der Waals surface area contributed by atoms with Gasteiger partial charge in [0.25, 0.3) is 5.91 Å². The van der Waals surface area contributed by atoms with Crippen molar-refractivity contribution in [1.29, 1.82) is 0 Å². The highest BCUT2D eigenvalue weighted by Crippen LogP contribution is 2.29. The van der Waals surface area contributed by atoms with E-state index >= 15 is 0 Å². The number of methoxy groups -OCH3 is 1. The van der Waals surface area contributed by atoms with Crippen LogP contribution in [0.15, 0.2) is 65.1 Å². The van der Waals surface area contributed by atoms with E-state index in [1.165, 1.54) is 0 Å². The first-order valence-electron chi connectivity index (χ1n) is 7.43. The molecule has 0 fully saturated rings. The van der Waals surface area contributed by atoms with E-state index in [9.17, 15) is 4.79 Å². The van der Waals surface area contributed by atoms with Gasteiger partial charge in [-0.3, -0.25) is 4.79 Å². The molecule has 1 N–H and O–H groups in total. The van der Waals surface area contributed by atoms with E-state index in [-0.39, 0.29) is 11.7 Å². The lowest BCUT2D eigenvalue weighted by molar-refractivity contribution is 0.0924. The Morgan fingerprint density at radius 3 is 2.75 bits per heavy atom. The number of halogens is 1. The van der Waals surface area contributed by atoms with Crippen LogP contribution < -0.4 is 10.1 Å². The molecular formula is C19H16ClNO3. The van der Waals surface area contributed by atoms with Crippen LogP contribution in [0.5, 0.6) is 5.75 Å². The Bertz CT molecular complexity index is 857. The summed E-state index contributed by atoms with van der Waals surface area (Å²) in [6, 6.07) is 18.2. The zero-order valence-corrected chi connectivity index (χ0v) is 13.8. The first-order chi connectivity index (χ1) is 11.7. The van der Waals surface area contributed by atoms with Gasteiger partial charge in [-0.05, 0) is 42.0 Å². The Kier molecular flexibility index (Phi) is 4.87. The van der Waals surface area contributed by atoms with Gasteiger partial charge in [0, 0.05) is 12.1 Å². The Morgan fingerprint density at radius 2 is 1.96 bits per heavy atom. The lowest BCUT2D eigenvalue weighted by Gasteiger charge is -2.06. The van der Waals surface area contributed by atoms with Gasteiger partial charge in [-0.15, -0.1) is 0 Å². The second kappa shape index (κ2) is 7.23. The molecule has 0 bridgehead atoms. The summed E-state index contributed by atoms with van der Waals surface area (Å²) >= 11 is 6.14. The van der Waals surface area contributed by atoms with E-state index in [4.69, 9.17) is 20.8 Å². The fourth-order valence-corrected chi connectivity index (χ4v) is 2.55. The molecule has 0 saturated heterocycles. The fraction of sp³-hybridized carbons (Fsp3) is 0.105. The van der Waals surface area contributed by atoms with E-state index in [2.05, 4.69) is 5.32 Å². The number of benzene rings is 2. The third-order valence-electron chi connectivity index (χ3n) is 3.56. The van der Waals surface area contributed by atoms with E-state index < -0.39 is 0 Å². The minimum absolute atomic E-state index is 0.243. The van der Waals surface area contributed by atoms with Crippen LogP contribution in [0.4, 0.5) is 0 Å². The fourth-order valence-electron chi connectivity index (χ4n) is 2.32. The second-order valence-corrected chi connectivity index (χ2v) is 5.59. The predicted molar refractivity (Wildman–Crippen MR) is 93.3 cm³/mol. The quantitative estimate of drug-likeness (QED) is 0.741. The maximum Gasteiger partial charge on any atom is 0.287 e. The zero-order valence-electron chi connectivity index (χ0n) is 13.1. The van der Waals surface area contributed by atoms with Gasteiger partial charge in [0.1, 0.15) is 11.5 Å². The molecule has 1 amide bonds. The SMILES string of the molecule is COc1cccc(CNC(=O)c2ccc(-c3ccccc3Cl)o2)c1. The lowest BCUT2D eigenvalue weighted by atomic mass is 10.2. The predicted octanol–water partition coefficient (Wildman–Crippen LogP) is 4.54. The third kappa shape index (κ3) is 3.60. The summed E-state index contributed by atoms with van der Waals surface area (Å²) in [7, 11) is 1.61. The molecule has 4 nitrogen and oxygen atoms in total. The van der Waals surface area contributed by atoms with Gasteiger partial charge in [0.15, 0.2) is 5.76 Å². The van der Waals surface area contributed by atoms with Gasteiger partial charge in [0.05, 0.1) is 12.1 Å². The maximum atomic E-state index is 12.2. The summed E-state index contributed by atoms with van der Waals surface area (Å²) in [5.74, 6) is 1.27. The third-order valence-corrected chi connectivity index (χ3v) is 3.89. The average Bonchev–Trinajstić information content (AvgIpc) is 3.10. The van der Waals surface area contributed by atoms with E-state index in [0.717, 1.165) is 16.9 Å². The smallest absolute Gasteiger partial charge is 0.287 e. The van der Waals surface area contributed by atoms with Crippen molar-refractivity contribution in [2.75, 3.05) is 7.11 Å². The minimum Gasteiger partial charge on any atom is -0.497 e. The summed E-state index contributed by atoms with van der Waals surface area (Å²) in [6.45, 7) is 0.387. The van der Waals surface area contributed by atoms with Crippen molar-refractivity contribution >= 4 is 17.5 Å². The summed E-state index contributed by atoms with van der Waals surface area (Å²) in [5, 5.41) is 3.40. The molecule has 1 heterocycles. The van der Waals surface area contributed by atoms with Crippen molar-refractivity contribution in [3.8, 4) is 17.1 Å². The number of rotatable bonds is 5. The molecule has 0 aliphatic heterocycles. The van der Waals surface area contributed by atoms with Gasteiger partial charge in [-0.25, -0.2) is 0 Å².